The lowest BCUT2D eigenvalue weighted by molar-refractivity contribution is 0.0696. The first-order valence-corrected chi connectivity index (χ1v) is 16.2. The third kappa shape index (κ3) is 4.53. The number of rotatable bonds is 7. The number of ether oxygens (including phenoxy) is 1. The van der Waals surface area contributed by atoms with Crippen LogP contribution in [0.5, 0.6) is 5.75 Å². The fraction of sp³-hybridized carbons (Fsp3) is 0.389. The van der Waals surface area contributed by atoms with E-state index in [1.165, 1.54) is 19.3 Å². The molecule has 0 radical (unpaired) electrons. The van der Waals surface area contributed by atoms with E-state index < -0.39 is 6.03 Å². The van der Waals surface area contributed by atoms with Gasteiger partial charge in [-0.15, -0.1) is 0 Å². The first-order valence-electron chi connectivity index (χ1n) is 16.2. The smallest absolute Gasteiger partial charge is 0.316 e. The Morgan fingerprint density at radius 3 is 2.59 bits per heavy atom. The van der Waals surface area contributed by atoms with Crippen LogP contribution in [-0.4, -0.2) is 55.6 Å². The zero-order chi connectivity index (χ0) is 31.9. The van der Waals surface area contributed by atoms with Gasteiger partial charge in [-0.1, -0.05) is 19.1 Å². The van der Waals surface area contributed by atoms with Crippen molar-refractivity contribution in [2.24, 2.45) is 30.5 Å². The van der Waals surface area contributed by atoms with Gasteiger partial charge in [0.2, 0.25) is 0 Å². The quantitative estimate of drug-likeness (QED) is 0.221. The van der Waals surface area contributed by atoms with E-state index in [9.17, 15) is 9.59 Å². The number of imidazole rings is 1. The van der Waals surface area contributed by atoms with Crippen LogP contribution in [0.4, 0.5) is 10.5 Å². The number of likely N-dealkylation sites (tertiary alicyclic amines) is 1. The van der Waals surface area contributed by atoms with Crippen molar-refractivity contribution < 1.29 is 14.3 Å². The van der Waals surface area contributed by atoms with Crippen molar-refractivity contribution in [3.63, 3.8) is 0 Å². The number of aryl methyl sites for hydroxylation is 1. The minimum absolute atomic E-state index is 0.0661. The molecule has 3 aromatic heterocycles. The van der Waals surface area contributed by atoms with Gasteiger partial charge >= 0.3 is 6.03 Å². The number of carbonyl (C=O) groups excluding carboxylic acids is 2. The predicted molar refractivity (Wildman–Crippen MR) is 179 cm³/mol. The lowest BCUT2D eigenvalue weighted by atomic mass is 10.0. The number of amides is 3. The number of hydrogen-bond donors (Lipinski definition) is 2. The number of piperidine rings is 1. The molecule has 2 bridgehead atoms. The molecule has 2 unspecified atom stereocenters. The Hall–Kier alpha value is -4.86. The van der Waals surface area contributed by atoms with Crippen LogP contribution in [0.15, 0.2) is 48.5 Å². The Balaban J connectivity index is 1.23. The second-order valence-electron chi connectivity index (χ2n) is 13.4. The van der Waals surface area contributed by atoms with Crippen molar-refractivity contribution in [1.29, 1.82) is 0 Å². The summed E-state index contributed by atoms with van der Waals surface area (Å²) in [5.41, 5.74) is 12.8. The molecule has 0 spiro atoms. The number of nitrogens with one attached hydrogen (secondary N) is 1. The van der Waals surface area contributed by atoms with Gasteiger partial charge in [-0.2, -0.15) is 0 Å². The Morgan fingerprint density at radius 1 is 1.07 bits per heavy atom. The fourth-order valence-corrected chi connectivity index (χ4v) is 7.92. The Kier molecular flexibility index (Phi) is 6.60. The maximum atomic E-state index is 13.8. The summed E-state index contributed by atoms with van der Waals surface area (Å²) in [7, 11) is 3.66. The van der Waals surface area contributed by atoms with Gasteiger partial charge < -0.3 is 29.8 Å². The zero-order valence-corrected chi connectivity index (χ0v) is 26.7. The van der Waals surface area contributed by atoms with Crippen LogP contribution >= 0.6 is 0 Å². The van der Waals surface area contributed by atoms with Crippen molar-refractivity contribution in [1.82, 2.24) is 24.0 Å². The normalized spacial score (nSPS) is 20.6. The molecule has 236 valence electrons. The van der Waals surface area contributed by atoms with E-state index in [2.05, 4.69) is 38.4 Å². The van der Waals surface area contributed by atoms with Crippen LogP contribution in [0.25, 0.3) is 44.8 Å². The highest BCUT2D eigenvalue weighted by atomic mass is 16.5. The highest BCUT2D eigenvalue weighted by Gasteiger charge is 2.46. The van der Waals surface area contributed by atoms with Crippen molar-refractivity contribution in [2.45, 2.75) is 52.1 Å². The summed E-state index contributed by atoms with van der Waals surface area (Å²) in [4.78, 5) is 37.8. The number of nitrogens with zero attached hydrogens (tertiary/aromatic N) is 5. The number of hydrogen-bond acceptors (Lipinski definition) is 5. The monoisotopic (exact) mass is 617 g/mol. The Morgan fingerprint density at radius 2 is 1.89 bits per heavy atom. The lowest BCUT2D eigenvalue weighted by Crippen LogP contribution is -2.38. The largest absolute Gasteiger partial charge is 0.494 e. The minimum Gasteiger partial charge on any atom is -0.494 e. The molecule has 1 aliphatic heterocycles. The van der Waals surface area contributed by atoms with E-state index in [1.54, 1.807) is 7.11 Å². The van der Waals surface area contributed by atoms with Gasteiger partial charge in [-0.3, -0.25) is 4.79 Å². The van der Waals surface area contributed by atoms with E-state index in [4.69, 9.17) is 20.4 Å². The van der Waals surface area contributed by atoms with Crippen molar-refractivity contribution in [2.75, 3.05) is 19.0 Å². The molecule has 10 heteroatoms. The summed E-state index contributed by atoms with van der Waals surface area (Å²) in [5, 5.41) is 3.74. The third-order valence-corrected chi connectivity index (χ3v) is 10.7. The first kappa shape index (κ1) is 28.6. The molecule has 3 fully saturated rings. The van der Waals surface area contributed by atoms with Crippen molar-refractivity contribution in [3.8, 4) is 28.5 Å². The van der Waals surface area contributed by atoms with E-state index in [0.717, 1.165) is 69.9 Å². The molecular formula is C36H39N7O3. The second-order valence-corrected chi connectivity index (χ2v) is 13.4. The van der Waals surface area contributed by atoms with Crippen LogP contribution in [0, 0.1) is 24.7 Å². The van der Waals surface area contributed by atoms with Gasteiger partial charge in [-0.05, 0) is 92.3 Å². The maximum absolute atomic E-state index is 13.8. The molecule has 5 aromatic rings. The van der Waals surface area contributed by atoms with Crippen LogP contribution in [0.3, 0.4) is 0 Å². The Labute approximate surface area is 267 Å². The summed E-state index contributed by atoms with van der Waals surface area (Å²) in [6, 6.07) is 15.6. The number of primary amides is 1. The molecule has 3 aliphatic rings. The van der Waals surface area contributed by atoms with Crippen LogP contribution in [0.2, 0.25) is 0 Å². The number of urea groups is 1. The maximum Gasteiger partial charge on any atom is 0.316 e. The highest BCUT2D eigenvalue weighted by molar-refractivity contribution is 6.00. The fourth-order valence-electron chi connectivity index (χ4n) is 7.92. The lowest BCUT2D eigenvalue weighted by Gasteiger charge is -2.27. The number of benzene rings is 2. The molecule has 3 amide bonds. The minimum atomic E-state index is -0.597. The molecule has 2 aromatic carbocycles. The molecular weight excluding hydrogens is 578 g/mol. The van der Waals surface area contributed by atoms with Gasteiger partial charge in [0.25, 0.3) is 5.91 Å². The Bertz CT molecular complexity index is 2060. The highest BCUT2D eigenvalue weighted by Crippen LogP contribution is 2.44. The first-order chi connectivity index (χ1) is 22.2. The average molecular weight is 618 g/mol. The predicted octanol–water partition coefficient (Wildman–Crippen LogP) is 6.35. The molecule has 8 rings (SSSR count). The zero-order valence-electron chi connectivity index (χ0n) is 26.7. The summed E-state index contributed by atoms with van der Waals surface area (Å²) in [6.45, 7) is 5.92. The number of nitrogens with two attached hydrogens (primary N) is 1. The summed E-state index contributed by atoms with van der Waals surface area (Å²) in [5.74, 6) is 3.26. The summed E-state index contributed by atoms with van der Waals surface area (Å²) < 4.78 is 10.2. The van der Waals surface area contributed by atoms with E-state index in [-0.39, 0.29) is 5.91 Å². The SMILES string of the molecule is COc1cc(C(=O)N2CC3CCC2[C@@H]3C)cc2nc(-c3cc4ccc(-c5cccc(NC(N)=O)c5C)nc4n3CC3CC3)n(C)c12. The molecule has 3 atom stereocenters. The van der Waals surface area contributed by atoms with Gasteiger partial charge in [0, 0.05) is 48.4 Å². The third-order valence-electron chi connectivity index (χ3n) is 10.7. The number of methoxy groups -OCH3 is 1. The van der Waals surface area contributed by atoms with Crippen molar-refractivity contribution in [3.05, 3.63) is 59.7 Å². The van der Waals surface area contributed by atoms with Gasteiger partial charge in [-0.25, -0.2) is 14.8 Å². The van der Waals surface area contributed by atoms with Gasteiger partial charge in [0.1, 0.15) is 16.9 Å². The van der Waals surface area contributed by atoms with E-state index >= 15 is 0 Å². The average Bonchev–Trinajstić information content (AvgIpc) is 3.45. The van der Waals surface area contributed by atoms with Gasteiger partial charge in [0.05, 0.1) is 24.0 Å². The topological polar surface area (TPSA) is 120 Å². The van der Waals surface area contributed by atoms with Crippen LogP contribution in [0.1, 0.15) is 48.5 Å². The number of aromatic nitrogens is 4. The molecule has 3 N–H and O–H groups in total. The number of fused-ring (bicyclic) bond motifs is 4. The molecule has 1 saturated heterocycles. The number of carbonyl (C=O) groups is 2. The van der Waals surface area contributed by atoms with Crippen LogP contribution < -0.4 is 15.8 Å². The van der Waals surface area contributed by atoms with E-state index in [1.807, 2.05) is 50.4 Å². The van der Waals surface area contributed by atoms with Crippen molar-refractivity contribution >= 4 is 39.7 Å². The molecule has 10 nitrogen and oxygen atoms in total. The molecule has 2 aliphatic carbocycles. The van der Waals surface area contributed by atoms with Gasteiger partial charge in [0.15, 0.2) is 5.82 Å². The summed E-state index contributed by atoms with van der Waals surface area (Å²) >= 11 is 0. The summed E-state index contributed by atoms with van der Waals surface area (Å²) in [6.07, 6.45) is 4.68. The standard InChI is InChI=1S/C36H39N7O3/c1-19-23-11-13-29(19)43(18-23)35(44)24-14-28-32(31(16-24)46-4)41(3)34(39-28)30-15-22-10-12-27(38-33(22)42(30)17-21-8-9-21)25-6-5-7-26(20(25)2)40-36(37)45/h5-7,10,12,14-16,19,21,23,29H,8-9,11,13,17-18H2,1-4H3,(H3,37,40,45)/t19-,23?,29?/m1/s1. The second kappa shape index (κ2) is 10.6. The number of anilines is 1. The van der Waals surface area contributed by atoms with Crippen LogP contribution in [-0.2, 0) is 13.6 Å². The number of pyridine rings is 1. The molecule has 4 heterocycles. The molecule has 2 saturated carbocycles. The molecule has 46 heavy (non-hydrogen) atoms. The van der Waals surface area contributed by atoms with E-state index in [0.29, 0.717) is 40.8 Å².